The monoisotopic (exact) mass is 197 g/mol. The van der Waals surface area contributed by atoms with Crippen LogP contribution in [-0.4, -0.2) is 22.3 Å². The van der Waals surface area contributed by atoms with Crippen LogP contribution in [0.4, 0.5) is 5.95 Å². The topological polar surface area (TPSA) is 37.8 Å². The Hall–Kier alpha value is -0.770. The number of aromatic nitrogens is 2. The van der Waals surface area contributed by atoms with Crippen molar-refractivity contribution in [2.24, 2.45) is 0 Å². The molecule has 0 atom stereocenters. The van der Waals surface area contributed by atoms with E-state index in [1.165, 1.54) is 0 Å². The third-order valence-corrected chi connectivity index (χ3v) is 2.33. The lowest BCUT2D eigenvalue weighted by atomic mass is 10.5. The second-order valence-electron chi connectivity index (χ2n) is 3.09. The van der Waals surface area contributed by atoms with Gasteiger partial charge in [-0.25, -0.2) is 9.97 Å². The van der Waals surface area contributed by atoms with Crippen molar-refractivity contribution in [3.8, 4) is 0 Å². The van der Waals surface area contributed by atoms with Crippen molar-refractivity contribution in [1.82, 2.24) is 9.97 Å². The summed E-state index contributed by atoms with van der Waals surface area (Å²) in [6.45, 7) is 6.29. The fourth-order valence-electron chi connectivity index (χ4n) is 0.953. The molecule has 1 aromatic rings. The predicted molar refractivity (Wildman–Crippen MR) is 57.3 cm³/mol. The number of anilines is 1. The van der Waals surface area contributed by atoms with Crippen LogP contribution in [0.15, 0.2) is 11.1 Å². The summed E-state index contributed by atoms with van der Waals surface area (Å²) in [5, 5.41) is 4.53. The van der Waals surface area contributed by atoms with Gasteiger partial charge in [-0.1, -0.05) is 13.8 Å². The summed E-state index contributed by atoms with van der Waals surface area (Å²) < 4.78 is 0. The molecule has 13 heavy (non-hydrogen) atoms. The molecule has 0 amide bonds. The lowest BCUT2D eigenvalue weighted by molar-refractivity contribution is 0.997. The van der Waals surface area contributed by atoms with Crippen LogP contribution in [0.25, 0.3) is 0 Å². The molecule has 72 valence electrons. The van der Waals surface area contributed by atoms with Gasteiger partial charge in [0.25, 0.3) is 0 Å². The highest BCUT2D eigenvalue weighted by Crippen LogP contribution is 2.21. The van der Waals surface area contributed by atoms with E-state index in [1.54, 1.807) is 11.8 Å². The van der Waals surface area contributed by atoms with Crippen molar-refractivity contribution in [3.63, 3.8) is 0 Å². The third kappa shape index (κ3) is 3.22. The van der Waals surface area contributed by atoms with Gasteiger partial charge in [0.05, 0.1) is 0 Å². The summed E-state index contributed by atoms with van der Waals surface area (Å²) in [6, 6.07) is 2.01. The molecule has 0 radical (unpaired) electrons. The zero-order valence-corrected chi connectivity index (χ0v) is 9.27. The first kappa shape index (κ1) is 10.3. The van der Waals surface area contributed by atoms with Gasteiger partial charge >= 0.3 is 0 Å². The van der Waals surface area contributed by atoms with Crippen LogP contribution in [0.3, 0.4) is 0 Å². The van der Waals surface area contributed by atoms with E-state index in [1.807, 2.05) is 20.0 Å². The minimum Gasteiger partial charge on any atom is -0.357 e. The number of hydrogen-bond donors (Lipinski definition) is 1. The van der Waals surface area contributed by atoms with Crippen molar-refractivity contribution in [1.29, 1.82) is 0 Å². The van der Waals surface area contributed by atoms with Crippen LogP contribution in [0.2, 0.25) is 0 Å². The van der Waals surface area contributed by atoms with Crippen molar-refractivity contribution >= 4 is 17.7 Å². The molecule has 1 rings (SSSR count). The Labute approximate surface area is 83.4 Å². The molecule has 0 unspecified atom stereocenters. The van der Waals surface area contributed by atoms with E-state index in [9.17, 15) is 0 Å². The first-order chi connectivity index (χ1) is 6.11. The Morgan fingerprint density at radius 2 is 2.08 bits per heavy atom. The van der Waals surface area contributed by atoms with Gasteiger partial charge < -0.3 is 5.32 Å². The first-order valence-electron chi connectivity index (χ1n) is 4.32. The van der Waals surface area contributed by atoms with Crippen molar-refractivity contribution in [3.05, 3.63) is 11.8 Å². The van der Waals surface area contributed by atoms with Crippen molar-refractivity contribution < 1.29 is 0 Å². The quantitative estimate of drug-likeness (QED) is 0.596. The Morgan fingerprint density at radius 3 is 2.62 bits per heavy atom. The standard InChI is InChI=1S/C9H15N3S/c1-6(2)13-8-5-7(3)11-9(10-4)12-8/h5-6H,1-4H3,(H,10,11,12). The van der Waals surface area contributed by atoms with Gasteiger partial charge in [-0.3, -0.25) is 0 Å². The Morgan fingerprint density at radius 1 is 1.38 bits per heavy atom. The number of rotatable bonds is 3. The maximum atomic E-state index is 4.33. The van der Waals surface area contributed by atoms with Crippen molar-refractivity contribution in [2.75, 3.05) is 12.4 Å². The van der Waals surface area contributed by atoms with E-state index < -0.39 is 0 Å². The molecule has 0 aliphatic rings. The molecular formula is C9H15N3S. The predicted octanol–water partition coefficient (Wildman–Crippen LogP) is 2.33. The van der Waals surface area contributed by atoms with Crippen molar-refractivity contribution in [2.45, 2.75) is 31.0 Å². The molecular weight excluding hydrogens is 182 g/mol. The van der Waals surface area contributed by atoms with Gasteiger partial charge in [-0.2, -0.15) is 0 Å². The number of nitrogens with zero attached hydrogens (tertiary/aromatic N) is 2. The van der Waals surface area contributed by atoms with Crippen LogP contribution in [-0.2, 0) is 0 Å². The van der Waals surface area contributed by atoms with Crippen LogP contribution >= 0.6 is 11.8 Å². The van der Waals surface area contributed by atoms with Crippen LogP contribution < -0.4 is 5.32 Å². The second-order valence-corrected chi connectivity index (χ2v) is 4.68. The number of thioether (sulfide) groups is 1. The normalized spacial score (nSPS) is 10.5. The zero-order valence-electron chi connectivity index (χ0n) is 8.46. The van der Waals surface area contributed by atoms with E-state index >= 15 is 0 Å². The van der Waals surface area contributed by atoms with Crippen LogP contribution in [0.1, 0.15) is 19.5 Å². The summed E-state index contributed by atoms with van der Waals surface area (Å²) in [5.74, 6) is 0.697. The molecule has 3 nitrogen and oxygen atoms in total. The van der Waals surface area contributed by atoms with E-state index in [0.29, 0.717) is 11.2 Å². The molecule has 0 bridgehead atoms. The average molecular weight is 197 g/mol. The fourth-order valence-corrected chi connectivity index (χ4v) is 1.81. The lowest BCUT2D eigenvalue weighted by Crippen LogP contribution is -1.99. The molecule has 0 saturated carbocycles. The van der Waals surface area contributed by atoms with Crippen LogP contribution in [0.5, 0.6) is 0 Å². The lowest BCUT2D eigenvalue weighted by Gasteiger charge is -2.06. The zero-order chi connectivity index (χ0) is 9.84. The Kier molecular flexibility index (Phi) is 3.54. The highest BCUT2D eigenvalue weighted by molar-refractivity contribution is 7.99. The first-order valence-corrected chi connectivity index (χ1v) is 5.20. The minimum absolute atomic E-state index is 0.555. The fraction of sp³-hybridized carbons (Fsp3) is 0.556. The molecule has 0 aliphatic heterocycles. The molecule has 0 aliphatic carbocycles. The minimum atomic E-state index is 0.555. The van der Waals surface area contributed by atoms with Gasteiger partial charge in [0.1, 0.15) is 5.03 Å². The molecule has 0 saturated heterocycles. The molecule has 1 aromatic heterocycles. The van der Waals surface area contributed by atoms with E-state index in [2.05, 4.69) is 29.1 Å². The summed E-state index contributed by atoms with van der Waals surface area (Å²) in [4.78, 5) is 8.56. The molecule has 4 heteroatoms. The van der Waals surface area contributed by atoms with E-state index in [-0.39, 0.29) is 0 Å². The second kappa shape index (κ2) is 4.46. The Bertz CT molecular complexity index is 286. The SMILES string of the molecule is CNc1nc(C)cc(SC(C)C)n1. The number of hydrogen-bond acceptors (Lipinski definition) is 4. The largest absolute Gasteiger partial charge is 0.357 e. The van der Waals surface area contributed by atoms with Gasteiger partial charge in [0.2, 0.25) is 5.95 Å². The maximum absolute atomic E-state index is 4.33. The smallest absolute Gasteiger partial charge is 0.223 e. The third-order valence-electron chi connectivity index (χ3n) is 1.41. The average Bonchev–Trinajstić information content (AvgIpc) is 2.01. The number of aryl methyl sites for hydroxylation is 1. The van der Waals surface area contributed by atoms with E-state index in [0.717, 1.165) is 10.7 Å². The molecule has 0 fully saturated rings. The Balaban J connectivity index is 2.88. The van der Waals surface area contributed by atoms with Gasteiger partial charge in [0.15, 0.2) is 0 Å². The maximum Gasteiger partial charge on any atom is 0.223 e. The molecule has 1 N–H and O–H groups in total. The highest BCUT2D eigenvalue weighted by Gasteiger charge is 2.03. The molecule has 1 heterocycles. The van der Waals surface area contributed by atoms with E-state index in [4.69, 9.17) is 0 Å². The summed E-state index contributed by atoms with van der Waals surface area (Å²) in [5.41, 5.74) is 1.00. The molecule has 0 aromatic carbocycles. The summed E-state index contributed by atoms with van der Waals surface area (Å²) >= 11 is 1.75. The highest BCUT2D eigenvalue weighted by atomic mass is 32.2. The van der Waals surface area contributed by atoms with Gasteiger partial charge in [-0.05, 0) is 13.0 Å². The van der Waals surface area contributed by atoms with Gasteiger partial charge in [0, 0.05) is 18.0 Å². The number of nitrogens with one attached hydrogen (secondary N) is 1. The van der Waals surface area contributed by atoms with Gasteiger partial charge in [-0.15, -0.1) is 11.8 Å². The summed E-state index contributed by atoms with van der Waals surface area (Å²) in [7, 11) is 1.83. The summed E-state index contributed by atoms with van der Waals surface area (Å²) in [6.07, 6.45) is 0. The van der Waals surface area contributed by atoms with Crippen LogP contribution in [0, 0.1) is 6.92 Å². The molecule has 0 spiro atoms.